The summed E-state index contributed by atoms with van der Waals surface area (Å²) in [6, 6.07) is 6.29. The van der Waals surface area contributed by atoms with Crippen LogP contribution in [0.4, 0.5) is 0 Å². The molecule has 86 valence electrons. The Kier molecular flexibility index (Phi) is 4.79. The maximum atomic E-state index is 11.4. The number of benzene rings is 1. The second kappa shape index (κ2) is 6.12. The van der Waals surface area contributed by atoms with E-state index in [0.717, 1.165) is 0 Å². The van der Waals surface area contributed by atoms with Gasteiger partial charge in [-0.1, -0.05) is 17.7 Å². The molecule has 1 aromatic rings. The quantitative estimate of drug-likeness (QED) is 0.759. The van der Waals surface area contributed by atoms with E-state index in [2.05, 4.69) is 4.74 Å². The highest BCUT2D eigenvalue weighted by Gasteiger charge is 2.10. The molecule has 0 atom stereocenters. The highest BCUT2D eigenvalue weighted by Crippen LogP contribution is 2.11. The molecule has 0 heterocycles. The molecule has 0 aromatic heterocycles. The molecule has 0 amide bonds. The summed E-state index contributed by atoms with van der Waals surface area (Å²) in [7, 11) is 0. The van der Waals surface area contributed by atoms with Crippen LogP contribution in [0.2, 0.25) is 5.02 Å². The minimum Gasteiger partial charge on any atom is -0.463 e. The number of halogens is 1. The smallest absolute Gasteiger partial charge is 0.344 e. The lowest BCUT2D eigenvalue weighted by Gasteiger charge is -2.04. The fraction of sp³-hybridized carbons (Fsp3) is 0.273. The Morgan fingerprint density at radius 2 is 2.06 bits per heavy atom. The van der Waals surface area contributed by atoms with E-state index in [9.17, 15) is 9.59 Å². The van der Waals surface area contributed by atoms with Crippen LogP contribution in [0.5, 0.6) is 0 Å². The van der Waals surface area contributed by atoms with Crippen molar-refractivity contribution in [3.63, 3.8) is 0 Å². The summed E-state index contributed by atoms with van der Waals surface area (Å²) in [4.78, 5) is 22.3. The summed E-state index contributed by atoms with van der Waals surface area (Å²) in [5.41, 5.74) is 0.303. The van der Waals surface area contributed by atoms with Crippen molar-refractivity contribution in [1.29, 1.82) is 0 Å². The number of hydrogen-bond donors (Lipinski definition) is 0. The van der Waals surface area contributed by atoms with Crippen LogP contribution in [0, 0.1) is 0 Å². The molecule has 1 aromatic carbocycles. The number of carbonyl (C=O) groups is 2. The molecule has 16 heavy (non-hydrogen) atoms. The molecule has 0 fully saturated rings. The predicted octanol–water partition coefficient (Wildman–Crippen LogP) is 2.06. The second-order valence-electron chi connectivity index (χ2n) is 2.89. The van der Waals surface area contributed by atoms with Gasteiger partial charge in [-0.25, -0.2) is 9.59 Å². The molecule has 0 unspecified atom stereocenters. The number of hydrogen-bond acceptors (Lipinski definition) is 4. The van der Waals surface area contributed by atoms with E-state index in [1.165, 1.54) is 6.07 Å². The monoisotopic (exact) mass is 242 g/mol. The Hall–Kier alpha value is -1.55. The minimum absolute atomic E-state index is 0.257. The fourth-order valence-corrected chi connectivity index (χ4v) is 1.22. The second-order valence-corrected chi connectivity index (χ2v) is 3.33. The van der Waals surface area contributed by atoms with Crippen molar-refractivity contribution in [3.8, 4) is 0 Å². The molecule has 0 radical (unpaired) electrons. The lowest BCUT2D eigenvalue weighted by molar-refractivity contribution is -0.146. The van der Waals surface area contributed by atoms with Gasteiger partial charge in [0.2, 0.25) is 0 Å². The molecule has 0 spiro atoms. The van der Waals surface area contributed by atoms with Crippen molar-refractivity contribution < 1.29 is 19.1 Å². The highest BCUT2D eigenvalue weighted by atomic mass is 35.5. The zero-order valence-electron chi connectivity index (χ0n) is 8.73. The zero-order chi connectivity index (χ0) is 12.0. The van der Waals surface area contributed by atoms with Crippen molar-refractivity contribution in [2.75, 3.05) is 13.2 Å². The van der Waals surface area contributed by atoms with Crippen molar-refractivity contribution in [1.82, 2.24) is 0 Å². The van der Waals surface area contributed by atoms with Crippen molar-refractivity contribution >= 4 is 23.5 Å². The van der Waals surface area contributed by atoms with Gasteiger partial charge in [0, 0.05) is 5.02 Å². The fourth-order valence-electron chi connectivity index (χ4n) is 1.03. The Morgan fingerprint density at radius 3 is 2.69 bits per heavy atom. The first-order valence-corrected chi connectivity index (χ1v) is 5.09. The van der Waals surface area contributed by atoms with Crippen LogP contribution in [0.25, 0.3) is 0 Å². The molecule has 0 aliphatic rings. The zero-order valence-corrected chi connectivity index (χ0v) is 9.49. The van der Waals surface area contributed by atoms with Gasteiger partial charge in [0.05, 0.1) is 12.2 Å². The SMILES string of the molecule is CCOC(=O)COC(=O)c1cccc(Cl)c1. The third-order valence-electron chi connectivity index (χ3n) is 1.69. The third kappa shape index (κ3) is 3.90. The maximum Gasteiger partial charge on any atom is 0.344 e. The van der Waals surface area contributed by atoms with Crippen molar-refractivity contribution in [2.45, 2.75) is 6.92 Å². The average Bonchev–Trinajstić information content (AvgIpc) is 2.26. The van der Waals surface area contributed by atoms with Crippen LogP contribution in [0.15, 0.2) is 24.3 Å². The summed E-state index contributed by atoms with van der Waals surface area (Å²) < 4.78 is 9.33. The molecular formula is C11H11ClO4. The number of carbonyl (C=O) groups excluding carboxylic acids is 2. The van der Waals surface area contributed by atoms with Gasteiger partial charge < -0.3 is 9.47 Å². The topological polar surface area (TPSA) is 52.6 Å². The highest BCUT2D eigenvalue weighted by molar-refractivity contribution is 6.30. The van der Waals surface area contributed by atoms with Crippen LogP contribution in [-0.2, 0) is 14.3 Å². The van der Waals surface area contributed by atoms with Crippen LogP contribution in [0.1, 0.15) is 17.3 Å². The number of rotatable bonds is 4. The van der Waals surface area contributed by atoms with Gasteiger partial charge in [-0.05, 0) is 25.1 Å². The molecule has 0 N–H and O–H groups in total. The van der Waals surface area contributed by atoms with Crippen LogP contribution >= 0.6 is 11.6 Å². The van der Waals surface area contributed by atoms with Gasteiger partial charge >= 0.3 is 11.9 Å². The van der Waals surface area contributed by atoms with Crippen LogP contribution in [0.3, 0.4) is 0 Å². The predicted molar refractivity (Wildman–Crippen MR) is 58.4 cm³/mol. The van der Waals surface area contributed by atoms with Gasteiger partial charge in [0.15, 0.2) is 6.61 Å². The van der Waals surface area contributed by atoms with Gasteiger partial charge in [0.25, 0.3) is 0 Å². The molecule has 0 saturated heterocycles. The van der Waals surface area contributed by atoms with Crippen molar-refractivity contribution in [2.24, 2.45) is 0 Å². The molecule has 4 nitrogen and oxygen atoms in total. The molecule has 0 aliphatic heterocycles. The average molecular weight is 243 g/mol. The molecule has 1 rings (SSSR count). The van der Waals surface area contributed by atoms with Crippen LogP contribution < -0.4 is 0 Å². The molecule has 0 aliphatic carbocycles. The van der Waals surface area contributed by atoms with E-state index in [1.54, 1.807) is 25.1 Å². The Labute approximate surface area is 98.1 Å². The van der Waals surface area contributed by atoms with Gasteiger partial charge in [-0.3, -0.25) is 0 Å². The Morgan fingerprint density at radius 1 is 1.31 bits per heavy atom. The van der Waals surface area contributed by atoms with E-state index in [1.807, 2.05) is 0 Å². The summed E-state index contributed by atoms with van der Waals surface area (Å²) in [6.45, 7) is 1.55. The normalized spacial score (nSPS) is 9.62. The van der Waals surface area contributed by atoms with E-state index in [4.69, 9.17) is 16.3 Å². The first kappa shape index (κ1) is 12.5. The van der Waals surface area contributed by atoms with E-state index in [0.29, 0.717) is 10.6 Å². The van der Waals surface area contributed by atoms with E-state index >= 15 is 0 Å². The third-order valence-corrected chi connectivity index (χ3v) is 1.92. The van der Waals surface area contributed by atoms with Gasteiger partial charge in [0.1, 0.15) is 0 Å². The van der Waals surface area contributed by atoms with Gasteiger partial charge in [-0.2, -0.15) is 0 Å². The van der Waals surface area contributed by atoms with E-state index < -0.39 is 11.9 Å². The maximum absolute atomic E-state index is 11.4. The lowest BCUT2D eigenvalue weighted by atomic mass is 10.2. The van der Waals surface area contributed by atoms with E-state index in [-0.39, 0.29) is 13.2 Å². The van der Waals surface area contributed by atoms with Gasteiger partial charge in [-0.15, -0.1) is 0 Å². The summed E-state index contributed by atoms with van der Waals surface area (Å²) in [5.74, 6) is -1.17. The molecule has 0 bridgehead atoms. The standard InChI is InChI=1S/C11H11ClO4/c1-2-15-10(13)7-16-11(14)8-4-3-5-9(12)6-8/h3-6H,2,7H2,1H3. The first-order chi connectivity index (χ1) is 7.63. The van der Waals surface area contributed by atoms with Crippen molar-refractivity contribution in [3.05, 3.63) is 34.9 Å². The molecule has 5 heteroatoms. The Balaban J connectivity index is 2.50. The number of esters is 2. The van der Waals surface area contributed by atoms with Crippen LogP contribution in [-0.4, -0.2) is 25.2 Å². The molecule has 0 saturated carbocycles. The number of ether oxygens (including phenoxy) is 2. The molecular weight excluding hydrogens is 232 g/mol. The first-order valence-electron chi connectivity index (χ1n) is 4.71. The summed E-state index contributed by atoms with van der Waals surface area (Å²) in [6.07, 6.45) is 0. The minimum atomic E-state index is -0.601. The lowest BCUT2D eigenvalue weighted by Crippen LogP contribution is -2.16. The summed E-state index contributed by atoms with van der Waals surface area (Å²) >= 11 is 5.70. The Bertz CT molecular complexity index is 389. The summed E-state index contributed by atoms with van der Waals surface area (Å²) in [5, 5.41) is 0.436. The largest absolute Gasteiger partial charge is 0.463 e.